The van der Waals surface area contributed by atoms with Crippen LogP contribution in [-0.2, 0) is 4.79 Å². The third-order valence-electron chi connectivity index (χ3n) is 3.91. The average molecular weight is 382 g/mol. The minimum atomic E-state index is -0.503. The van der Waals surface area contributed by atoms with Crippen LogP contribution in [0.15, 0.2) is 52.8 Å². The maximum absolute atomic E-state index is 12.2. The maximum atomic E-state index is 12.2. The number of aromatic amines is 1. The van der Waals surface area contributed by atoms with Gasteiger partial charge in [0.15, 0.2) is 5.13 Å². The predicted molar refractivity (Wildman–Crippen MR) is 105 cm³/mol. The lowest BCUT2D eigenvalue weighted by Crippen LogP contribution is -2.23. The summed E-state index contributed by atoms with van der Waals surface area (Å²) in [7, 11) is 0. The van der Waals surface area contributed by atoms with Crippen molar-refractivity contribution in [1.82, 2.24) is 15.3 Å². The van der Waals surface area contributed by atoms with Crippen molar-refractivity contribution in [2.75, 3.05) is 5.32 Å². The molecule has 2 aromatic heterocycles. The standard InChI is InChI=1S/C19H18N4O3S/c1-11(21-12(2)24)13-5-7-14(8-6-13)16-10-27-19(22-16)23-18(26)15-4-3-9-20-17(15)25/h3-11H,1-2H3,(H,20,25)(H,21,24)(H,22,23,26). The normalized spacial score (nSPS) is 11.6. The van der Waals surface area contributed by atoms with Crippen LogP contribution in [0.4, 0.5) is 5.13 Å². The summed E-state index contributed by atoms with van der Waals surface area (Å²) in [6.07, 6.45) is 1.47. The quantitative estimate of drug-likeness (QED) is 0.631. The van der Waals surface area contributed by atoms with Gasteiger partial charge in [0.05, 0.1) is 11.7 Å². The summed E-state index contributed by atoms with van der Waals surface area (Å²) in [4.78, 5) is 41.9. The fourth-order valence-corrected chi connectivity index (χ4v) is 3.27. The highest BCUT2D eigenvalue weighted by Crippen LogP contribution is 2.26. The maximum Gasteiger partial charge on any atom is 0.263 e. The number of rotatable bonds is 5. The van der Waals surface area contributed by atoms with E-state index in [1.807, 2.05) is 36.6 Å². The third-order valence-corrected chi connectivity index (χ3v) is 4.67. The Bertz CT molecular complexity index is 1020. The zero-order valence-electron chi connectivity index (χ0n) is 14.8. The van der Waals surface area contributed by atoms with Crippen molar-refractivity contribution in [3.05, 3.63) is 69.5 Å². The second-order valence-electron chi connectivity index (χ2n) is 5.95. The Morgan fingerprint density at radius 3 is 2.59 bits per heavy atom. The molecular weight excluding hydrogens is 364 g/mol. The average Bonchev–Trinajstić information content (AvgIpc) is 3.10. The van der Waals surface area contributed by atoms with E-state index in [4.69, 9.17) is 0 Å². The van der Waals surface area contributed by atoms with Crippen molar-refractivity contribution in [2.45, 2.75) is 19.9 Å². The molecule has 0 aliphatic carbocycles. The van der Waals surface area contributed by atoms with Crippen LogP contribution in [0.2, 0.25) is 0 Å². The van der Waals surface area contributed by atoms with Gasteiger partial charge in [0.1, 0.15) is 5.56 Å². The summed E-state index contributed by atoms with van der Waals surface area (Å²) in [5.74, 6) is -0.582. The molecule has 0 spiro atoms. The van der Waals surface area contributed by atoms with Crippen molar-refractivity contribution in [2.24, 2.45) is 0 Å². The zero-order valence-corrected chi connectivity index (χ0v) is 15.6. The Balaban J connectivity index is 1.72. The van der Waals surface area contributed by atoms with Crippen LogP contribution in [0.25, 0.3) is 11.3 Å². The van der Waals surface area contributed by atoms with E-state index >= 15 is 0 Å². The van der Waals surface area contributed by atoms with Crippen LogP contribution < -0.4 is 16.2 Å². The van der Waals surface area contributed by atoms with Gasteiger partial charge < -0.3 is 10.3 Å². The van der Waals surface area contributed by atoms with Gasteiger partial charge in [0, 0.05) is 24.1 Å². The number of hydrogen-bond donors (Lipinski definition) is 3. The molecule has 0 saturated heterocycles. The van der Waals surface area contributed by atoms with Crippen LogP contribution in [0.5, 0.6) is 0 Å². The summed E-state index contributed by atoms with van der Waals surface area (Å²) in [5.41, 5.74) is 2.18. The van der Waals surface area contributed by atoms with Gasteiger partial charge in [0.25, 0.3) is 11.5 Å². The number of thiazole rings is 1. The van der Waals surface area contributed by atoms with Crippen molar-refractivity contribution in [1.29, 1.82) is 0 Å². The second kappa shape index (κ2) is 7.96. The number of hydrogen-bond acceptors (Lipinski definition) is 5. The highest BCUT2D eigenvalue weighted by Gasteiger charge is 2.13. The smallest absolute Gasteiger partial charge is 0.263 e. The molecule has 2 amide bonds. The first kappa shape index (κ1) is 18.5. The highest BCUT2D eigenvalue weighted by molar-refractivity contribution is 7.14. The molecule has 3 N–H and O–H groups in total. The number of aromatic nitrogens is 2. The lowest BCUT2D eigenvalue weighted by atomic mass is 10.1. The molecule has 8 heteroatoms. The van der Waals surface area contributed by atoms with Crippen LogP contribution in [0.1, 0.15) is 35.8 Å². The number of pyridine rings is 1. The molecule has 0 radical (unpaired) electrons. The Morgan fingerprint density at radius 2 is 1.93 bits per heavy atom. The Labute approximate surface area is 159 Å². The molecule has 1 unspecified atom stereocenters. The fraction of sp³-hybridized carbons (Fsp3) is 0.158. The summed E-state index contributed by atoms with van der Waals surface area (Å²) in [5, 5.41) is 7.72. The topological polar surface area (TPSA) is 104 Å². The lowest BCUT2D eigenvalue weighted by molar-refractivity contribution is -0.119. The van der Waals surface area contributed by atoms with Crippen molar-refractivity contribution < 1.29 is 9.59 Å². The molecule has 0 fully saturated rings. The largest absolute Gasteiger partial charge is 0.350 e. The van der Waals surface area contributed by atoms with Gasteiger partial charge in [-0.05, 0) is 24.6 Å². The highest BCUT2D eigenvalue weighted by atomic mass is 32.1. The van der Waals surface area contributed by atoms with Gasteiger partial charge in [-0.1, -0.05) is 24.3 Å². The summed E-state index contributed by atoms with van der Waals surface area (Å²) in [6, 6.07) is 10.6. The van der Waals surface area contributed by atoms with E-state index in [2.05, 4.69) is 20.6 Å². The lowest BCUT2D eigenvalue weighted by Gasteiger charge is -2.12. The molecule has 1 aromatic carbocycles. The molecule has 7 nitrogen and oxygen atoms in total. The first-order valence-corrected chi connectivity index (χ1v) is 9.14. The van der Waals surface area contributed by atoms with E-state index < -0.39 is 11.5 Å². The Hall–Kier alpha value is -3.26. The zero-order chi connectivity index (χ0) is 19.4. The van der Waals surface area contributed by atoms with Crippen LogP contribution in [0, 0.1) is 0 Å². The summed E-state index contributed by atoms with van der Waals surface area (Å²) >= 11 is 1.28. The first-order chi connectivity index (χ1) is 12.9. The van der Waals surface area contributed by atoms with Gasteiger partial charge in [0.2, 0.25) is 5.91 Å². The van der Waals surface area contributed by atoms with Crippen molar-refractivity contribution in [3.8, 4) is 11.3 Å². The summed E-state index contributed by atoms with van der Waals surface area (Å²) in [6.45, 7) is 3.40. The van der Waals surface area contributed by atoms with E-state index in [1.54, 1.807) is 6.07 Å². The van der Waals surface area contributed by atoms with Gasteiger partial charge in [-0.25, -0.2) is 4.98 Å². The molecule has 2 heterocycles. The number of H-pyrrole nitrogens is 1. The van der Waals surface area contributed by atoms with Gasteiger partial charge >= 0.3 is 0 Å². The molecule has 0 aliphatic heterocycles. The van der Waals surface area contributed by atoms with E-state index in [-0.39, 0.29) is 17.5 Å². The SMILES string of the molecule is CC(=O)NC(C)c1ccc(-c2csc(NC(=O)c3ccc[nH]c3=O)n2)cc1. The Morgan fingerprint density at radius 1 is 1.19 bits per heavy atom. The van der Waals surface area contributed by atoms with Crippen LogP contribution in [-0.4, -0.2) is 21.8 Å². The van der Waals surface area contributed by atoms with Gasteiger partial charge in [-0.2, -0.15) is 0 Å². The third kappa shape index (κ3) is 4.48. The molecule has 3 rings (SSSR count). The Kier molecular flexibility index (Phi) is 5.46. The number of nitrogens with zero attached hydrogens (tertiary/aromatic N) is 1. The molecule has 3 aromatic rings. The van der Waals surface area contributed by atoms with E-state index in [0.29, 0.717) is 5.13 Å². The molecular formula is C19H18N4O3S. The second-order valence-corrected chi connectivity index (χ2v) is 6.81. The molecule has 0 aliphatic rings. The van der Waals surface area contributed by atoms with E-state index in [0.717, 1.165) is 16.8 Å². The number of carbonyl (C=O) groups excluding carboxylic acids is 2. The number of nitrogens with one attached hydrogen (secondary N) is 3. The first-order valence-electron chi connectivity index (χ1n) is 8.26. The van der Waals surface area contributed by atoms with Crippen molar-refractivity contribution >= 4 is 28.3 Å². The molecule has 1 atom stereocenters. The number of anilines is 1. The molecule has 0 saturated carbocycles. The van der Waals surface area contributed by atoms with Gasteiger partial charge in [-0.15, -0.1) is 11.3 Å². The monoisotopic (exact) mass is 382 g/mol. The predicted octanol–water partition coefficient (Wildman–Crippen LogP) is 2.95. The van der Waals surface area contributed by atoms with E-state index in [1.165, 1.54) is 30.5 Å². The van der Waals surface area contributed by atoms with Crippen LogP contribution >= 0.6 is 11.3 Å². The van der Waals surface area contributed by atoms with Gasteiger partial charge in [-0.3, -0.25) is 19.7 Å². The number of amides is 2. The minimum absolute atomic E-state index is 0.0329. The minimum Gasteiger partial charge on any atom is -0.350 e. The van der Waals surface area contributed by atoms with Crippen molar-refractivity contribution in [3.63, 3.8) is 0 Å². The summed E-state index contributed by atoms with van der Waals surface area (Å²) < 4.78 is 0. The fourth-order valence-electron chi connectivity index (χ4n) is 2.56. The molecule has 138 valence electrons. The van der Waals surface area contributed by atoms with Crippen LogP contribution in [0.3, 0.4) is 0 Å². The molecule has 0 bridgehead atoms. The number of benzene rings is 1. The molecule has 27 heavy (non-hydrogen) atoms. The van der Waals surface area contributed by atoms with E-state index in [9.17, 15) is 14.4 Å². The number of carbonyl (C=O) groups is 2.